The summed E-state index contributed by atoms with van der Waals surface area (Å²) in [6, 6.07) is 4.87. The van der Waals surface area contributed by atoms with Gasteiger partial charge in [-0.15, -0.1) is 11.8 Å². The standard InChI is InChI=1S/C20H23N3O10S2/c1-11(33-35(29,30)31)17-15-9-16(34-8-7-21-12(2)24)18(22(15)19(17)25)20(26)32-10-13-3-5-14(6-4-13)23(27)28/h3-6,11,15,17H,7-10H2,1-2H3,(H,21,24)(H,29,30,31)/t11-,15+,17-/m0/s1. The van der Waals surface area contributed by atoms with Gasteiger partial charge in [0.25, 0.3) is 5.69 Å². The summed E-state index contributed by atoms with van der Waals surface area (Å²) >= 11 is 1.25. The van der Waals surface area contributed by atoms with Crippen molar-refractivity contribution in [2.45, 2.75) is 39.0 Å². The highest BCUT2D eigenvalue weighted by molar-refractivity contribution is 8.03. The van der Waals surface area contributed by atoms with E-state index in [9.17, 15) is 32.9 Å². The third kappa shape index (κ3) is 6.36. The van der Waals surface area contributed by atoms with Crippen molar-refractivity contribution < 1.29 is 41.2 Å². The van der Waals surface area contributed by atoms with Crippen LogP contribution in [-0.2, 0) is 40.3 Å². The first-order valence-electron chi connectivity index (χ1n) is 10.4. The van der Waals surface area contributed by atoms with Gasteiger partial charge in [-0.25, -0.2) is 8.98 Å². The molecule has 1 aromatic rings. The molecule has 35 heavy (non-hydrogen) atoms. The number of carbonyl (C=O) groups is 3. The van der Waals surface area contributed by atoms with Crippen LogP contribution in [0.1, 0.15) is 25.8 Å². The minimum Gasteiger partial charge on any atom is -0.456 e. The third-order valence-corrected chi connectivity index (χ3v) is 7.07. The highest BCUT2D eigenvalue weighted by atomic mass is 32.3. The highest BCUT2D eigenvalue weighted by Gasteiger charge is 2.58. The van der Waals surface area contributed by atoms with Gasteiger partial charge in [0.1, 0.15) is 12.3 Å². The average Bonchev–Trinajstić information content (AvgIpc) is 3.08. The molecular weight excluding hydrogens is 506 g/mol. The quantitative estimate of drug-likeness (QED) is 0.105. The van der Waals surface area contributed by atoms with Gasteiger partial charge in [-0.3, -0.25) is 24.3 Å². The van der Waals surface area contributed by atoms with E-state index in [-0.39, 0.29) is 30.3 Å². The van der Waals surface area contributed by atoms with Crippen LogP contribution in [0.2, 0.25) is 0 Å². The Balaban J connectivity index is 1.74. The van der Waals surface area contributed by atoms with E-state index in [0.29, 0.717) is 22.8 Å². The number of ether oxygens (including phenoxy) is 1. The summed E-state index contributed by atoms with van der Waals surface area (Å²) in [5.41, 5.74) is 0.407. The molecule has 2 aliphatic rings. The molecule has 0 aliphatic carbocycles. The maximum atomic E-state index is 13.0. The van der Waals surface area contributed by atoms with Crippen molar-refractivity contribution in [3.63, 3.8) is 0 Å². The van der Waals surface area contributed by atoms with Gasteiger partial charge in [-0.05, 0) is 24.6 Å². The Morgan fingerprint density at radius 1 is 1.34 bits per heavy atom. The summed E-state index contributed by atoms with van der Waals surface area (Å²) in [6.45, 7) is 2.83. The van der Waals surface area contributed by atoms with E-state index in [1.807, 2.05) is 0 Å². The van der Waals surface area contributed by atoms with Crippen LogP contribution < -0.4 is 5.32 Å². The van der Waals surface area contributed by atoms with Crippen LogP contribution in [-0.4, -0.2) is 65.0 Å². The van der Waals surface area contributed by atoms with Gasteiger partial charge in [-0.1, -0.05) is 0 Å². The van der Waals surface area contributed by atoms with Crippen molar-refractivity contribution in [2.24, 2.45) is 5.92 Å². The van der Waals surface area contributed by atoms with Gasteiger partial charge >= 0.3 is 16.4 Å². The molecule has 2 heterocycles. The molecule has 1 fully saturated rings. The fraction of sp³-hybridized carbons (Fsp3) is 0.450. The Morgan fingerprint density at radius 2 is 2.00 bits per heavy atom. The molecule has 0 spiro atoms. The van der Waals surface area contributed by atoms with Gasteiger partial charge in [0.05, 0.1) is 23.0 Å². The molecular formula is C20H23N3O10S2. The number of carbonyl (C=O) groups excluding carboxylic acids is 3. The van der Waals surface area contributed by atoms with Crippen molar-refractivity contribution in [2.75, 3.05) is 12.3 Å². The van der Waals surface area contributed by atoms with E-state index in [1.165, 1.54) is 54.8 Å². The molecule has 2 N–H and O–H groups in total. The van der Waals surface area contributed by atoms with Gasteiger partial charge in [0, 0.05) is 42.7 Å². The topological polar surface area (TPSA) is 182 Å². The van der Waals surface area contributed by atoms with E-state index in [2.05, 4.69) is 9.50 Å². The Labute approximate surface area is 204 Å². The van der Waals surface area contributed by atoms with Crippen LogP contribution >= 0.6 is 11.8 Å². The molecule has 15 heteroatoms. The Morgan fingerprint density at radius 3 is 2.57 bits per heavy atom. The summed E-state index contributed by atoms with van der Waals surface area (Å²) in [6.07, 6.45) is -0.915. The van der Waals surface area contributed by atoms with Gasteiger partial charge < -0.3 is 15.0 Å². The first-order chi connectivity index (χ1) is 16.4. The zero-order valence-electron chi connectivity index (χ0n) is 18.7. The molecule has 190 valence electrons. The van der Waals surface area contributed by atoms with Crippen molar-refractivity contribution in [3.05, 3.63) is 50.5 Å². The summed E-state index contributed by atoms with van der Waals surface area (Å²) in [7, 11) is -4.78. The number of fused-ring (bicyclic) bond motifs is 1. The lowest BCUT2D eigenvalue weighted by molar-refractivity contribution is -0.384. The number of nitrogens with zero attached hydrogens (tertiary/aromatic N) is 2. The predicted molar refractivity (Wildman–Crippen MR) is 122 cm³/mol. The van der Waals surface area contributed by atoms with Gasteiger partial charge in [-0.2, -0.15) is 8.42 Å². The molecule has 13 nitrogen and oxygen atoms in total. The molecule has 0 radical (unpaired) electrons. The van der Waals surface area contributed by atoms with Crippen molar-refractivity contribution in [1.82, 2.24) is 10.2 Å². The number of rotatable bonds is 11. The lowest BCUT2D eigenvalue weighted by atomic mass is 9.83. The van der Waals surface area contributed by atoms with Crippen molar-refractivity contribution in [3.8, 4) is 0 Å². The van der Waals surface area contributed by atoms with Crippen LogP contribution in [0.3, 0.4) is 0 Å². The average molecular weight is 530 g/mol. The van der Waals surface area contributed by atoms with E-state index in [1.54, 1.807) is 0 Å². The highest BCUT2D eigenvalue weighted by Crippen LogP contribution is 2.47. The third-order valence-electron chi connectivity index (χ3n) is 5.41. The molecule has 2 aliphatic heterocycles. The van der Waals surface area contributed by atoms with E-state index in [4.69, 9.17) is 9.29 Å². The second-order valence-electron chi connectivity index (χ2n) is 7.84. The predicted octanol–water partition coefficient (Wildman–Crippen LogP) is 1.16. The lowest BCUT2D eigenvalue weighted by Gasteiger charge is -2.45. The first kappa shape index (κ1) is 26.6. The number of esters is 1. The van der Waals surface area contributed by atoms with Crippen molar-refractivity contribution >= 4 is 45.6 Å². The smallest absolute Gasteiger partial charge is 0.397 e. The number of nitro groups is 1. The largest absolute Gasteiger partial charge is 0.456 e. The zero-order chi connectivity index (χ0) is 25.9. The number of β-lactam (4-membered cyclic amide) rings is 1. The number of thioether (sulfide) groups is 1. The van der Waals surface area contributed by atoms with Gasteiger partial charge in [0.15, 0.2) is 0 Å². The second kappa shape index (κ2) is 10.7. The van der Waals surface area contributed by atoms with Crippen LogP contribution in [0.5, 0.6) is 0 Å². The van der Waals surface area contributed by atoms with Crippen LogP contribution in [0.15, 0.2) is 34.9 Å². The van der Waals surface area contributed by atoms with Crippen LogP contribution in [0.4, 0.5) is 5.69 Å². The molecule has 0 aromatic heterocycles. The molecule has 0 unspecified atom stereocenters. The minimum absolute atomic E-state index is 0.0186. The fourth-order valence-corrected chi connectivity index (χ4v) is 5.48. The number of amides is 2. The molecule has 2 amide bonds. The minimum atomic E-state index is -4.78. The molecule has 3 rings (SSSR count). The molecule has 3 atom stereocenters. The lowest BCUT2D eigenvalue weighted by Crippen LogP contribution is -2.62. The molecule has 1 aromatic carbocycles. The van der Waals surface area contributed by atoms with E-state index >= 15 is 0 Å². The summed E-state index contributed by atoms with van der Waals surface area (Å²) in [4.78, 5) is 48.9. The van der Waals surface area contributed by atoms with Crippen LogP contribution in [0, 0.1) is 16.0 Å². The second-order valence-corrected chi connectivity index (χ2v) is 10.1. The Bertz CT molecular complexity index is 1170. The summed E-state index contributed by atoms with van der Waals surface area (Å²) in [5.74, 6) is -2.05. The number of nitrogens with one attached hydrogen (secondary N) is 1. The number of benzene rings is 1. The SMILES string of the molecule is CC(=O)NCCSC1=C(C(=O)OCc2ccc([N+](=O)[O-])cc2)N2C(=O)[C@@H]([C@H](C)OS(=O)(=O)O)[C@H]2C1. The maximum absolute atomic E-state index is 13.0. The summed E-state index contributed by atoms with van der Waals surface area (Å²) < 4.78 is 41.0. The van der Waals surface area contributed by atoms with E-state index < -0.39 is 45.3 Å². The number of hydrogen-bond donors (Lipinski definition) is 2. The summed E-state index contributed by atoms with van der Waals surface area (Å²) in [5, 5.41) is 13.4. The molecule has 0 saturated carbocycles. The Kier molecular flexibility index (Phi) is 8.15. The molecule has 0 bridgehead atoms. The Hall–Kier alpha value is -3.01. The monoisotopic (exact) mass is 529 g/mol. The molecule has 1 saturated heterocycles. The number of hydrogen-bond acceptors (Lipinski definition) is 10. The zero-order valence-corrected chi connectivity index (χ0v) is 20.3. The van der Waals surface area contributed by atoms with Gasteiger partial charge in [0.2, 0.25) is 11.8 Å². The fourth-order valence-electron chi connectivity index (χ4n) is 3.92. The normalized spacial score (nSPS) is 20.2. The number of nitro benzene ring substituents is 1. The van der Waals surface area contributed by atoms with E-state index in [0.717, 1.165) is 0 Å². The first-order valence-corrected chi connectivity index (χ1v) is 12.7. The number of non-ortho nitro benzene ring substituents is 1. The van der Waals surface area contributed by atoms with Crippen molar-refractivity contribution in [1.29, 1.82) is 0 Å². The van der Waals surface area contributed by atoms with Crippen LogP contribution in [0.25, 0.3) is 0 Å². The maximum Gasteiger partial charge on any atom is 0.397 e.